The lowest BCUT2D eigenvalue weighted by atomic mass is 9.80. The van der Waals surface area contributed by atoms with Gasteiger partial charge in [0.1, 0.15) is 0 Å². The summed E-state index contributed by atoms with van der Waals surface area (Å²) in [6, 6.07) is 85.0. The molecule has 0 aromatic heterocycles. The molecule has 0 aliphatic heterocycles. The van der Waals surface area contributed by atoms with Crippen molar-refractivity contribution in [2.24, 2.45) is 0 Å². The maximum absolute atomic E-state index is 2.48. The molecule has 302 valence electrons. The van der Waals surface area contributed by atoms with Gasteiger partial charge in [0, 0.05) is 16.9 Å². The number of hydrogen-bond donors (Lipinski definition) is 0. The van der Waals surface area contributed by atoms with Gasteiger partial charge in [-0.3, -0.25) is 0 Å². The number of para-hydroxylation sites is 1. The number of anilines is 3. The first-order valence-electron chi connectivity index (χ1n) is 22.6. The molecule has 0 radical (unpaired) electrons. The van der Waals surface area contributed by atoms with Crippen LogP contribution in [0.25, 0.3) is 77.2 Å². The summed E-state index contributed by atoms with van der Waals surface area (Å²) in [4.78, 5) is 2.48. The van der Waals surface area contributed by atoms with Crippen LogP contribution in [0.1, 0.15) is 43.6 Å². The van der Waals surface area contributed by atoms with Gasteiger partial charge in [-0.25, -0.2) is 0 Å². The minimum atomic E-state index is 0.584. The fourth-order valence-corrected chi connectivity index (χ4v) is 10.2. The van der Waals surface area contributed by atoms with Crippen LogP contribution in [0.2, 0.25) is 0 Å². The molecule has 0 unspecified atom stereocenters. The van der Waals surface area contributed by atoms with Crippen molar-refractivity contribution in [1.29, 1.82) is 0 Å². The SMILES string of the molecule is c1ccc(-c2ccc(-c3ccc(N(c4cccc(-c5cccc6ccccc56)c4)c4ccccc4-c4cccc5cccc(C6CCCCC6)c45)cc3)cc2-c2ccccc2)cc1. The van der Waals surface area contributed by atoms with Gasteiger partial charge in [0.2, 0.25) is 0 Å². The Morgan fingerprint density at radius 1 is 0.317 bits per heavy atom. The minimum absolute atomic E-state index is 0.584. The molecule has 0 heterocycles. The maximum Gasteiger partial charge on any atom is 0.0540 e. The summed E-state index contributed by atoms with van der Waals surface area (Å²) in [6.07, 6.45) is 6.48. The van der Waals surface area contributed by atoms with Crippen LogP contribution in [-0.2, 0) is 0 Å². The molecule has 0 bridgehead atoms. The molecule has 1 aliphatic rings. The van der Waals surface area contributed by atoms with Gasteiger partial charge in [0.05, 0.1) is 5.69 Å². The zero-order chi connectivity index (χ0) is 42.0. The Morgan fingerprint density at radius 3 is 1.70 bits per heavy atom. The van der Waals surface area contributed by atoms with Crippen molar-refractivity contribution in [3.8, 4) is 55.6 Å². The van der Waals surface area contributed by atoms with Crippen LogP contribution < -0.4 is 4.90 Å². The lowest BCUT2D eigenvalue weighted by Gasteiger charge is -2.29. The smallest absolute Gasteiger partial charge is 0.0540 e. The van der Waals surface area contributed by atoms with Crippen molar-refractivity contribution >= 4 is 38.6 Å². The van der Waals surface area contributed by atoms with E-state index in [1.54, 1.807) is 0 Å². The van der Waals surface area contributed by atoms with Gasteiger partial charge in [0.25, 0.3) is 0 Å². The summed E-state index contributed by atoms with van der Waals surface area (Å²) in [7, 11) is 0. The van der Waals surface area contributed by atoms with E-state index in [-0.39, 0.29) is 0 Å². The summed E-state index contributed by atoms with van der Waals surface area (Å²) in [5, 5.41) is 5.21. The second-order valence-electron chi connectivity index (χ2n) is 17.1. The molecule has 1 aliphatic carbocycles. The van der Waals surface area contributed by atoms with E-state index in [1.807, 2.05) is 0 Å². The third-order valence-corrected chi connectivity index (χ3v) is 13.3. The highest BCUT2D eigenvalue weighted by atomic mass is 15.1. The Bertz CT molecular complexity index is 3180. The zero-order valence-electron chi connectivity index (χ0n) is 35.5. The molecule has 1 saturated carbocycles. The molecule has 0 amide bonds. The van der Waals surface area contributed by atoms with Gasteiger partial charge in [-0.1, -0.05) is 213 Å². The second kappa shape index (κ2) is 17.1. The molecule has 63 heavy (non-hydrogen) atoms. The van der Waals surface area contributed by atoms with E-state index in [1.165, 1.54) is 115 Å². The Kier molecular flexibility index (Phi) is 10.4. The molecule has 0 saturated heterocycles. The molecule has 10 aromatic carbocycles. The number of hydrogen-bond acceptors (Lipinski definition) is 1. The van der Waals surface area contributed by atoms with E-state index < -0.39 is 0 Å². The maximum atomic E-state index is 2.48. The molecule has 0 spiro atoms. The predicted octanol–water partition coefficient (Wildman–Crippen LogP) is 17.8. The number of fused-ring (bicyclic) bond motifs is 2. The normalized spacial score (nSPS) is 13.0. The summed E-state index contributed by atoms with van der Waals surface area (Å²) in [5.74, 6) is 0.584. The Hall–Kier alpha value is -7.48. The minimum Gasteiger partial charge on any atom is -0.310 e. The van der Waals surface area contributed by atoms with Crippen LogP contribution in [0.5, 0.6) is 0 Å². The van der Waals surface area contributed by atoms with E-state index in [4.69, 9.17) is 0 Å². The van der Waals surface area contributed by atoms with Crippen molar-refractivity contribution in [2.45, 2.75) is 38.0 Å². The topological polar surface area (TPSA) is 3.24 Å². The average molecular weight is 808 g/mol. The number of benzene rings is 10. The highest BCUT2D eigenvalue weighted by Gasteiger charge is 2.23. The van der Waals surface area contributed by atoms with Crippen molar-refractivity contribution in [3.63, 3.8) is 0 Å². The first-order valence-corrected chi connectivity index (χ1v) is 22.6. The average Bonchev–Trinajstić information content (AvgIpc) is 3.37. The number of rotatable bonds is 9. The van der Waals surface area contributed by atoms with Crippen molar-refractivity contribution < 1.29 is 0 Å². The third-order valence-electron chi connectivity index (χ3n) is 13.3. The molecule has 0 atom stereocenters. The van der Waals surface area contributed by atoms with Gasteiger partial charge in [-0.15, -0.1) is 0 Å². The largest absolute Gasteiger partial charge is 0.310 e. The molecule has 1 nitrogen and oxygen atoms in total. The molecule has 10 aromatic rings. The quantitative estimate of drug-likeness (QED) is 0.140. The van der Waals surface area contributed by atoms with Crippen LogP contribution in [0, 0.1) is 0 Å². The Balaban J connectivity index is 1.07. The second-order valence-corrected chi connectivity index (χ2v) is 17.1. The van der Waals surface area contributed by atoms with Gasteiger partial charge < -0.3 is 4.90 Å². The standard InChI is InChI=1S/C62H49N/c1-4-18-45(19-5-1)56-41-38-50(43-60(56)48-22-8-3-9-23-48)44-36-39-52(40-37-44)63(53-29-14-28-51(42-53)55-32-15-25-46-24-10-11-30-54(46)55)61-35-13-12-31-58(61)59-34-17-27-49-26-16-33-57(62(49)59)47-20-6-2-7-21-47/h1,3-5,8-19,22-43,47H,2,6-7,20-21H2. The van der Waals surface area contributed by atoms with E-state index in [9.17, 15) is 0 Å². The van der Waals surface area contributed by atoms with Gasteiger partial charge >= 0.3 is 0 Å². The van der Waals surface area contributed by atoms with E-state index in [0.717, 1.165) is 17.1 Å². The molecule has 1 heteroatoms. The lowest BCUT2D eigenvalue weighted by molar-refractivity contribution is 0.445. The summed E-state index contributed by atoms with van der Waals surface area (Å²) < 4.78 is 0. The van der Waals surface area contributed by atoms with Crippen LogP contribution >= 0.6 is 0 Å². The fraction of sp³-hybridized carbons (Fsp3) is 0.0968. The molecule has 1 fully saturated rings. The molecule has 0 N–H and O–H groups in total. The van der Waals surface area contributed by atoms with Gasteiger partial charge in [-0.2, -0.15) is 0 Å². The third kappa shape index (κ3) is 7.51. The summed E-state index contributed by atoms with van der Waals surface area (Å²) in [6.45, 7) is 0. The van der Waals surface area contributed by atoms with Crippen LogP contribution in [-0.4, -0.2) is 0 Å². The number of nitrogens with zero attached hydrogens (tertiary/aromatic N) is 1. The van der Waals surface area contributed by atoms with Crippen LogP contribution in [0.15, 0.2) is 231 Å². The van der Waals surface area contributed by atoms with Gasteiger partial charge in [-0.05, 0) is 132 Å². The van der Waals surface area contributed by atoms with Crippen molar-refractivity contribution in [2.75, 3.05) is 4.90 Å². The van der Waals surface area contributed by atoms with E-state index in [0.29, 0.717) is 5.92 Å². The first-order chi connectivity index (χ1) is 31.3. The monoisotopic (exact) mass is 807 g/mol. The molecule has 11 rings (SSSR count). The molecular formula is C62H49N. The van der Waals surface area contributed by atoms with Gasteiger partial charge in [0.15, 0.2) is 0 Å². The zero-order valence-corrected chi connectivity index (χ0v) is 35.5. The fourth-order valence-electron chi connectivity index (χ4n) is 10.2. The summed E-state index contributed by atoms with van der Waals surface area (Å²) >= 11 is 0. The highest BCUT2D eigenvalue weighted by molar-refractivity contribution is 6.04. The van der Waals surface area contributed by atoms with Crippen molar-refractivity contribution in [1.82, 2.24) is 0 Å². The summed E-state index contributed by atoms with van der Waals surface area (Å²) in [5.41, 5.74) is 17.1. The van der Waals surface area contributed by atoms with Crippen LogP contribution in [0.3, 0.4) is 0 Å². The van der Waals surface area contributed by atoms with E-state index in [2.05, 4.69) is 235 Å². The van der Waals surface area contributed by atoms with E-state index >= 15 is 0 Å². The Labute approximate surface area is 371 Å². The lowest BCUT2D eigenvalue weighted by Crippen LogP contribution is -2.11. The van der Waals surface area contributed by atoms with Crippen molar-refractivity contribution in [3.05, 3.63) is 236 Å². The predicted molar refractivity (Wildman–Crippen MR) is 269 cm³/mol. The first kappa shape index (κ1) is 38.4. The molecular weight excluding hydrogens is 759 g/mol. The Morgan fingerprint density at radius 2 is 0.905 bits per heavy atom. The highest BCUT2D eigenvalue weighted by Crippen LogP contribution is 2.47. The van der Waals surface area contributed by atoms with Crippen LogP contribution in [0.4, 0.5) is 17.1 Å².